The zero-order valence-corrected chi connectivity index (χ0v) is 15.6. The maximum Gasteiger partial charge on any atom is 0.261 e. The number of nitrogens with zero attached hydrogens (tertiary/aromatic N) is 2. The standard InChI is InChI=1S/C23H18N2O4/c26-20-15-5-1-3-12-4-2-6-16(17(12)15)21(27)24(20)9-10-25-22(28)18-13-7-8-14(11-13)19(18)23(25)29/h1-8,13-14,18-19H,9-11H2. The molecule has 4 aliphatic rings. The minimum absolute atomic E-state index is 0.0159. The van der Waals surface area contributed by atoms with Gasteiger partial charge in [-0.1, -0.05) is 36.4 Å². The Balaban J connectivity index is 1.28. The van der Waals surface area contributed by atoms with E-state index in [1.807, 2.05) is 12.1 Å². The lowest BCUT2D eigenvalue weighted by molar-refractivity contribution is -0.140. The van der Waals surface area contributed by atoms with Gasteiger partial charge in [0.1, 0.15) is 0 Å². The highest BCUT2D eigenvalue weighted by molar-refractivity contribution is 6.25. The third-order valence-electron chi connectivity index (χ3n) is 6.96. The van der Waals surface area contributed by atoms with Crippen LogP contribution in [0.15, 0.2) is 48.6 Å². The molecule has 144 valence electrons. The molecule has 2 aliphatic heterocycles. The van der Waals surface area contributed by atoms with Crippen molar-refractivity contribution >= 4 is 34.4 Å². The number of imide groups is 2. The number of hydrogen-bond acceptors (Lipinski definition) is 4. The van der Waals surface area contributed by atoms with Crippen molar-refractivity contribution in [3.63, 3.8) is 0 Å². The van der Waals surface area contributed by atoms with Crippen LogP contribution in [0, 0.1) is 23.7 Å². The van der Waals surface area contributed by atoms with Gasteiger partial charge >= 0.3 is 0 Å². The Morgan fingerprint density at radius 1 is 0.724 bits per heavy atom. The molecule has 4 atom stereocenters. The summed E-state index contributed by atoms with van der Waals surface area (Å²) in [6.07, 6.45) is 4.98. The van der Waals surface area contributed by atoms with Crippen molar-refractivity contribution in [3.8, 4) is 0 Å². The quantitative estimate of drug-likeness (QED) is 0.599. The van der Waals surface area contributed by atoms with Crippen LogP contribution in [0.4, 0.5) is 0 Å². The van der Waals surface area contributed by atoms with Crippen LogP contribution < -0.4 is 0 Å². The topological polar surface area (TPSA) is 74.8 Å². The van der Waals surface area contributed by atoms with Gasteiger partial charge in [-0.25, -0.2) is 0 Å². The van der Waals surface area contributed by atoms with Gasteiger partial charge in [-0.15, -0.1) is 0 Å². The van der Waals surface area contributed by atoms with Crippen LogP contribution >= 0.6 is 0 Å². The maximum atomic E-state index is 13.0. The number of carbonyl (C=O) groups is 4. The molecule has 6 rings (SSSR count). The fourth-order valence-electron chi connectivity index (χ4n) is 5.67. The molecule has 0 radical (unpaired) electrons. The average Bonchev–Trinajstić information content (AvgIpc) is 3.41. The molecule has 2 aromatic rings. The first-order valence-electron chi connectivity index (χ1n) is 9.98. The van der Waals surface area contributed by atoms with Gasteiger partial charge in [0, 0.05) is 29.6 Å². The highest BCUT2D eigenvalue weighted by Gasteiger charge is 2.59. The van der Waals surface area contributed by atoms with Crippen molar-refractivity contribution in [3.05, 3.63) is 59.7 Å². The Hall–Kier alpha value is -3.28. The summed E-state index contributed by atoms with van der Waals surface area (Å²) in [5.74, 6) is -1.30. The predicted molar refractivity (Wildman–Crippen MR) is 104 cm³/mol. The first-order valence-corrected chi connectivity index (χ1v) is 9.98. The molecule has 1 saturated heterocycles. The largest absolute Gasteiger partial charge is 0.280 e. The van der Waals surface area contributed by atoms with E-state index in [9.17, 15) is 19.2 Å². The second-order valence-electron chi connectivity index (χ2n) is 8.30. The number of hydrogen-bond donors (Lipinski definition) is 0. The van der Waals surface area contributed by atoms with Crippen LogP contribution in [0.5, 0.6) is 0 Å². The zero-order chi connectivity index (χ0) is 19.9. The molecule has 0 N–H and O–H groups in total. The highest BCUT2D eigenvalue weighted by Crippen LogP contribution is 2.52. The van der Waals surface area contributed by atoms with Gasteiger partial charge in [-0.05, 0) is 35.8 Å². The molecule has 6 nitrogen and oxygen atoms in total. The highest BCUT2D eigenvalue weighted by atomic mass is 16.2. The van der Waals surface area contributed by atoms with Crippen LogP contribution in [0.2, 0.25) is 0 Å². The number of amides is 4. The van der Waals surface area contributed by atoms with E-state index < -0.39 is 0 Å². The zero-order valence-electron chi connectivity index (χ0n) is 15.6. The maximum absolute atomic E-state index is 13.0. The molecule has 6 heteroatoms. The predicted octanol–water partition coefficient (Wildman–Crippen LogP) is 2.24. The van der Waals surface area contributed by atoms with Gasteiger partial charge in [0.25, 0.3) is 11.8 Å². The van der Waals surface area contributed by atoms with E-state index in [4.69, 9.17) is 0 Å². The third-order valence-corrected chi connectivity index (χ3v) is 6.96. The van der Waals surface area contributed by atoms with E-state index in [-0.39, 0.29) is 60.4 Å². The summed E-state index contributed by atoms with van der Waals surface area (Å²) in [5, 5.41) is 1.52. The Bertz CT molecular complexity index is 1090. The fourth-order valence-corrected chi connectivity index (χ4v) is 5.67. The summed E-state index contributed by atoms with van der Waals surface area (Å²) in [7, 11) is 0. The number of rotatable bonds is 3. The van der Waals surface area contributed by atoms with Gasteiger partial charge < -0.3 is 0 Å². The second kappa shape index (κ2) is 5.63. The summed E-state index contributed by atoms with van der Waals surface area (Å²) in [6, 6.07) is 10.8. The number of likely N-dealkylation sites (tertiary alicyclic amines) is 1. The van der Waals surface area contributed by atoms with Crippen LogP contribution in [-0.4, -0.2) is 46.5 Å². The summed E-state index contributed by atoms with van der Waals surface area (Å²) in [5.41, 5.74) is 0.965. The van der Waals surface area contributed by atoms with Crippen molar-refractivity contribution in [1.82, 2.24) is 9.80 Å². The number of benzene rings is 2. The molecule has 4 amide bonds. The van der Waals surface area contributed by atoms with Crippen LogP contribution in [0.25, 0.3) is 10.8 Å². The first-order chi connectivity index (χ1) is 14.1. The first kappa shape index (κ1) is 16.7. The van der Waals surface area contributed by atoms with E-state index in [1.54, 1.807) is 24.3 Å². The molecule has 0 spiro atoms. The van der Waals surface area contributed by atoms with E-state index in [2.05, 4.69) is 12.2 Å². The Kier molecular flexibility index (Phi) is 3.23. The molecule has 4 unspecified atom stereocenters. The van der Waals surface area contributed by atoms with Crippen molar-refractivity contribution in [2.75, 3.05) is 13.1 Å². The van der Waals surface area contributed by atoms with Crippen molar-refractivity contribution in [2.24, 2.45) is 23.7 Å². The van der Waals surface area contributed by atoms with Crippen molar-refractivity contribution in [1.29, 1.82) is 0 Å². The lowest BCUT2D eigenvalue weighted by Gasteiger charge is -2.28. The lowest BCUT2D eigenvalue weighted by Crippen LogP contribution is -2.46. The van der Waals surface area contributed by atoms with Crippen molar-refractivity contribution < 1.29 is 19.2 Å². The molecule has 2 aromatic carbocycles. The lowest BCUT2D eigenvalue weighted by atomic mass is 9.85. The molecule has 2 bridgehead atoms. The average molecular weight is 386 g/mol. The van der Waals surface area contributed by atoms with Crippen LogP contribution in [0.3, 0.4) is 0 Å². The van der Waals surface area contributed by atoms with Crippen LogP contribution in [-0.2, 0) is 9.59 Å². The van der Waals surface area contributed by atoms with Gasteiger partial charge in [-0.3, -0.25) is 29.0 Å². The molecule has 2 heterocycles. The van der Waals surface area contributed by atoms with Crippen molar-refractivity contribution in [2.45, 2.75) is 6.42 Å². The SMILES string of the molecule is O=C1c2cccc3cccc(c23)C(=O)N1CCN1C(=O)C2C3C=CC(C3)C2C1=O. The summed E-state index contributed by atoms with van der Waals surface area (Å²) in [6.45, 7) is 0.0712. The van der Waals surface area contributed by atoms with E-state index in [0.29, 0.717) is 16.5 Å². The molecule has 2 fully saturated rings. The Morgan fingerprint density at radius 2 is 1.24 bits per heavy atom. The van der Waals surface area contributed by atoms with E-state index >= 15 is 0 Å². The summed E-state index contributed by atoms with van der Waals surface area (Å²) < 4.78 is 0. The molecular formula is C23H18N2O4. The smallest absolute Gasteiger partial charge is 0.261 e. The number of carbonyl (C=O) groups excluding carboxylic acids is 4. The van der Waals surface area contributed by atoms with E-state index in [1.165, 1.54) is 9.80 Å². The Labute approximate surface area is 166 Å². The second-order valence-corrected chi connectivity index (χ2v) is 8.30. The normalized spacial score (nSPS) is 29.5. The van der Waals surface area contributed by atoms with Gasteiger partial charge in [-0.2, -0.15) is 0 Å². The number of allylic oxidation sites excluding steroid dienone is 2. The minimum Gasteiger partial charge on any atom is -0.280 e. The molecular weight excluding hydrogens is 368 g/mol. The van der Waals surface area contributed by atoms with Gasteiger partial charge in [0.15, 0.2) is 0 Å². The molecule has 0 aromatic heterocycles. The fraction of sp³-hybridized carbons (Fsp3) is 0.304. The minimum atomic E-state index is -0.375. The monoisotopic (exact) mass is 386 g/mol. The molecule has 2 aliphatic carbocycles. The van der Waals surface area contributed by atoms with Gasteiger partial charge in [0.05, 0.1) is 11.8 Å². The Morgan fingerprint density at radius 3 is 1.79 bits per heavy atom. The summed E-state index contributed by atoms with van der Waals surface area (Å²) in [4.78, 5) is 54.1. The third kappa shape index (κ3) is 2.06. The molecule has 1 saturated carbocycles. The number of fused-ring (bicyclic) bond motifs is 5. The van der Waals surface area contributed by atoms with E-state index in [0.717, 1.165) is 11.8 Å². The van der Waals surface area contributed by atoms with Gasteiger partial charge in [0.2, 0.25) is 11.8 Å². The molecule has 29 heavy (non-hydrogen) atoms. The summed E-state index contributed by atoms with van der Waals surface area (Å²) >= 11 is 0. The van der Waals surface area contributed by atoms with Crippen LogP contribution in [0.1, 0.15) is 27.1 Å².